The Morgan fingerprint density at radius 2 is 1.80 bits per heavy atom. The van der Waals surface area contributed by atoms with E-state index in [0.29, 0.717) is 19.3 Å². The lowest BCUT2D eigenvalue weighted by molar-refractivity contribution is -0.307. The molecule has 0 aromatic rings. The van der Waals surface area contributed by atoms with Crippen LogP contribution in [0.1, 0.15) is 33.6 Å². The number of halogens is 3. The first kappa shape index (κ1) is 15.4. The average Bonchev–Trinajstić information content (AvgIpc) is 2.87. The number of carbonyl (C=O) groups is 1. The largest absolute Gasteiger partial charge is 0.456 e. The minimum atomic E-state index is -4.87. The van der Waals surface area contributed by atoms with Crippen molar-refractivity contribution in [3.8, 4) is 0 Å². The molecule has 2 aliphatic rings. The van der Waals surface area contributed by atoms with Crippen molar-refractivity contribution in [3.63, 3.8) is 0 Å². The summed E-state index contributed by atoms with van der Waals surface area (Å²) in [5, 5.41) is 9.69. The molecular formula is C14H19F3O3. The Kier molecular flexibility index (Phi) is 3.44. The molecule has 0 radical (unpaired) electrons. The van der Waals surface area contributed by atoms with Crippen LogP contribution < -0.4 is 0 Å². The number of carbonyl (C=O) groups excluding carboxylic acids is 1. The SMILES string of the molecule is CC(C)(OC(=O)C1CC2C=CC1C2)C(C)(O)C(F)(F)F. The molecule has 2 aliphatic carbocycles. The van der Waals surface area contributed by atoms with Gasteiger partial charge in [0.1, 0.15) is 5.60 Å². The molecule has 0 amide bonds. The predicted octanol–water partition coefficient (Wildman–Crippen LogP) is 2.83. The topological polar surface area (TPSA) is 46.5 Å². The molecule has 0 aliphatic heterocycles. The summed E-state index contributed by atoms with van der Waals surface area (Å²) in [6.45, 7) is 2.80. The van der Waals surface area contributed by atoms with Gasteiger partial charge in [-0.15, -0.1) is 0 Å². The highest BCUT2D eigenvalue weighted by atomic mass is 19.4. The Morgan fingerprint density at radius 3 is 2.20 bits per heavy atom. The van der Waals surface area contributed by atoms with E-state index in [0.717, 1.165) is 20.3 Å². The summed E-state index contributed by atoms with van der Waals surface area (Å²) >= 11 is 0. The monoisotopic (exact) mass is 292 g/mol. The van der Waals surface area contributed by atoms with Crippen LogP contribution in [-0.2, 0) is 9.53 Å². The van der Waals surface area contributed by atoms with Gasteiger partial charge in [0.05, 0.1) is 5.92 Å². The summed E-state index contributed by atoms with van der Waals surface area (Å²) in [7, 11) is 0. The average molecular weight is 292 g/mol. The fourth-order valence-corrected chi connectivity index (χ4v) is 2.82. The second kappa shape index (κ2) is 4.48. The van der Waals surface area contributed by atoms with Gasteiger partial charge in [-0.05, 0) is 45.4 Å². The Hall–Kier alpha value is -1.04. The van der Waals surface area contributed by atoms with Crippen LogP contribution in [0.25, 0.3) is 0 Å². The highest BCUT2D eigenvalue weighted by molar-refractivity contribution is 5.74. The maximum absolute atomic E-state index is 12.9. The van der Waals surface area contributed by atoms with Crippen molar-refractivity contribution in [2.45, 2.75) is 51.0 Å². The predicted molar refractivity (Wildman–Crippen MR) is 65.7 cm³/mol. The van der Waals surface area contributed by atoms with Gasteiger partial charge in [0.15, 0.2) is 5.60 Å². The zero-order valence-electron chi connectivity index (χ0n) is 11.7. The highest BCUT2D eigenvalue weighted by Gasteiger charge is 2.61. The number of rotatable bonds is 3. The van der Waals surface area contributed by atoms with E-state index in [2.05, 4.69) is 0 Å². The number of alkyl halides is 3. The minimum absolute atomic E-state index is 0.0548. The van der Waals surface area contributed by atoms with E-state index in [-0.39, 0.29) is 5.92 Å². The molecule has 3 nitrogen and oxygen atoms in total. The van der Waals surface area contributed by atoms with Crippen LogP contribution in [0.5, 0.6) is 0 Å². The molecule has 0 aromatic heterocycles. The zero-order valence-corrected chi connectivity index (χ0v) is 11.7. The van der Waals surface area contributed by atoms with Crippen molar-refractivity contribution in [1.29, 1.82) is 0 Å². The van der Waals surface area contributed by atoms with E-state index in [1.54, 1.807) is 0 Å². The maximum atomic E-state index is 12.9. The molecule has 1 fully saturated rings. The number of ether oxygens (including phenoxy) is 1. The molecule has 1 saturated carbocycles. The van der Waals surface area contributed by atoms with Gasteiger partial charge in [-0.1, -0.05) is 12.2 Å². The van der Waals surface area contributed by atoms with E-state index in [9.17, 15) is 23.1 Å². The quantitative estimate of drug-likeness (QED) is 0.642. The fraction of sp³-hybridized carbons (Fsp3) is 0.786. The first-order chi connectivity index (χ1) is 8.96. The fourth-order valence-electron chi connectivity index (χ4n) is 2.82. The number of fused-ring (bicyclic) bond motifs is 2. The second-order valence-electron chi connectivity index (χ2n) is 6.39. The van der Waals surface area contributed by atoms with Crippen molar-refractivity contribution in [1.82, 2.24) is 0 Å². The third-order valence-corrected chi connectivity index (χ3v) is 4.66. The van der Waals surface area contributed by atoms with Crippen LogP contribution in [0.4, 0.5) is 13.2 Å². The molecule has 4 unspecified atom stereocenters. The molecular weight excluding hydrogens is 273 g/mol. The van der Waals surface area contributed by atoms with Crippen LogP contribution in [-0.4, -0.2) is 28.5 Å². The number of esters is 1. The summed E-state index contributed by atoms with van der Waals surface area (Å²) in [5.74, 6) is -0.674. The molecule has 2 bridgehead atoms. The van der Waals surface area contributed by atoms with E-state index >= 15 is 0 Å². The smallest absolute Gasteiger partial charge is 0.420 e. The van der Waals surface area contributed by atoms with Gasteiger partial charge >= 0.3 is 12.1 Å². The van der Waals surface area contributed by atoms with E-state index < -0.39 is 29.3 Å². The van der Waals surface area contributed by atoms with Gasteiger partial charge in [-0.3, -0.25) is 4.79 Å². The molecule has 6 heteroatoms. The third-order valence-electron chi connectivity index (χ3n) is 4.66. The Bertz CT molecular complexity index is 437. The molecule has 2 rings (SSSR count). The van der Waals surface area contributed by atoms with Crippen LogP contribution >= 0.6 is 0 Å². The second-order valence-corrected chi connectivity index (χ2v) is 6.39. The van der Waals surface area contributed by atoms with Gasteiger partial charge in [0.2, 0.25) is 0 Å². The lowest BCUT2D eigenvalue weighted by atomic mass is 9.86. The van der Waals surface area contributed by atoms with Gasteiger partial charge in [0.25, 0.3) is 0 Å². The molecule has 20 heavy (non-hydrogen) atoms. The first-order valence-corrected chi connectivity index (χ1v) is 6.66. The van der Waals surface area contributed by atoms with Crippen molar-refractivity contribution in [3.05, 3.63) is 12.2 Å². The van der Waals surface area contributed by atoms with Crippen LogP contribution in [0.3, 0.4) is 0 Å². The Balaban J connectivity index is 2.09. The summed E-state index contributed by atoms with van der Waals surface area (Å²) in [6, 6.07) is 0. The number of aliphatic hydroxyl groups is 1. The molecule has 0 saturated heterocycles. The van der Waals surface area contributed by atoms with Gasteiger partial charge in [0, 0.05) is 0 Å². The van der Waals surface area contributed by atoms with Crippen LogP contribution in [0, 0.1) is 17.8 Å². The summed E-state index contributed by atoms with van der Waals surface area (Å²) in [6.07, 6.45) is 0.561. The molecule has 0 spiro atoms. The first-order valence-electron chi connectivity index (χ1n) is 6.66. The van der Waals surface area contributed by atoms with Gasteiger partial charge in [-0.25, -0.2) is 0 Å². The molecule has 4 atom stereocenters. The Labute approximate surface area is 115 Å². The summed E-state index contributed by atoms with van der Waals surface area (Å²) in [4.78, 5) is 12.1. The van der Waals surface area contributed by atoms with Gasteiger partial charge in [-0.2, -0.15) is 13.2 Å². The highest BCUT2D eigenvalue weighted by Crippen LogP contribution is 2.46. The van der Waals surface area contributed by atoms with E-state index in [1.807, 2.05) is 12.2 Å². The summed E-state index contributed by atoms with van der Waals surface area (Å²) < 4.78 is 43.6. The Morgan fingerprint density at radius 1 is 1.20 bits per heavy atom. The normalized spacial score (nSPS) is 32.2. The maximum Gasteiger partial charge on any atom is 0.420 e. The van der Waals surface area contributed by atoms with Crippen LogP contribution in [0.2, 0.25) is 0 Å². The lowest BCUT2D eigenvalue weighted by Gasteiger charge is -2.40. The zero-order chi connectivity index (χ0) is 15.3. The number of allylic oxidation sites excluding steroid dienone is 2. The van der Waals surface area contributed by atoms with E-state index in [4.69, 9.17) is 4.74 Å². The van der Waals surface area contributed by atoms with Crippen LogP contribution in [0.15, 0.2) is 12.2 Å². The van der Waals surface area contributed by atoms with Gasteiger partial charge < -0.3 is 9.84 Å². The van der Waals surface area contributed by atoms with Crippen molar-refractivity contribution < 1.29 is 27.8 Å². The summed E-state index contributed by atoms with van der Waals surface area (Å²) in [5.41, 5.74) is -5.13. The molecule has 0 aromatic carbocycles. The number of hydrogen-bond acceptors (Lipinski definition) is 3. The van der Waals surface area contributed by atoms with Crippen molar-refractivity contribution >= 4 is 5.97 Å². The lowest BCUT2D eigenvalue weighted by Crippen LogP contribution is -2.60. The molecule has 0 heterocycles. The van der Waals surface area contributed by atoms with Crippen molar-refractivity contribution in [2.24, 2.45) is 17.8 Å². The standard InChI is InChI=1S/C14H19F3O3/c1-12(2,13(3,19)14(15,16)17)20-11(18)10-7-8-4-5-9(10)6-8/h4-5,8-10,19H,6-7H2,1-3H3. The van der Waals surface area contributed by atoms with E-state index in [1.165, 1.54) is 0 Å². The third kappa shape index (κ3) is 2.34. The minimum Gasteiger partial charge on any atom is -0.456 e. The van der Waals surface area contributed by atoms with Crippen molar-refractivity contribution in [2.75, 3.05) is 0 Å². The molecule has 1 N–H and O–H groups in total. The molecule has 114 valence electrons. The number of hydrogen-bond donors (Lipinski definition) is 1.